The number of hydrogen-bond acceptors (Lipinski definition) is 7. The van der Waals surface area contributed by atoms with Crippen LogP contribution in [0.5, 0.6) is 17.2 Å². The van der Waals surface area contributed by atoms with Gasteiger partial charge in [-0.25, -0.2) is 0 Å². The maximum Gasteiger partial charge on any atom is 0.295 e. The molecular formula is C31H42N2O6. The Morgan fingerprint density at radius 1 is 1.00 bits per heavy atom. The number of carbonyl (C=O) groups is 2. The summed E-state index contributed by atoms with van der Waals surface area (Å²) in [6.45, 7) is 15.7. The van der Waals surface area contributed by atoms with Crippen molar-refractivity contribution < 1.29 is 28.9 Å². The van der Waals surface area contributed by atoms with Crippen molar-refractivity contribution in [2.75, 3.05) is 46.5 Å². The van der Waals surface area contributed by atoms with Gasteiger partial charge in [0.15, 0.2) is 11.5 Å². The van der Waals surface area contributed by atoms with E-state index in [1.165, 1.54) is 0 Å². The van der Waals surface area contributed by atoms with E-state index in [0.29, 0.717) is 60.6 Å². The monoisotopic (exact) mass is 538 g/mol. The lowest BCUT2D eigenvalue weighted by Crippen LogP contribution is -2.38. The average molecular weight is 539 g/mol. The molecule has 0 saturated carbocycles. The van der Waals surface area contributed by atoms with Crippen LogP contribution in [-0.4, -0.2) is 73.1 Å². The molecule has 1 atom stereocenters. The third kappa shape index (κ3) is 6.74. The molecule has 2 aromatic carbocycles. The molecule has 1 fully saturated rings. The summed E-state index contributed by atoms with van der Waals surface area (Å²) >= 11 is 0. The zero-order valence-corrected chi connectivity index (χ0v) is 24.2. The quantitative estimate of drug-likeness (QED) is 0.213. The van der Waals surface area contributed by atoms with E-state index in [9.17, 15) is 14.7 Å². The fourth-order valence-corrected chi connectivity index (χ4v) is 4.75. The maximum atomic E-state index is 13.4. The minimum Gasteiger partial charge on any atom is -0.507 e. The van der Waals surface area contributed by atoms with Crippen LogP contribution < -0.4 is 14.2 Å². The Balaban J connectivity index is 2.12. The van der Waals surface area contributed by atoms with Crippen molar-refractivity contribution in [3.63, 3.8) is 0 Å². The van der Waals surface area contributed by atoms with Crippen LogP contribution in [0.1, 0.15) is 57.4 Å². The largest absolute Gasteiger partial charge is 0.507 e. The Labute approximate surface area is 232 Å². The van der Waals surface area contributed by atoms with E-state index in [-0.39, 0.29) is 11.3 Å². The highest BCUT2D eigenvalue weighted by Gasteiger charge is 2.46. The van der Waals surface area contributed by atoms with Crippen LogP contribution in [0.2, 0.25) is 0 Å². The zero-order valence-electron chi connectivity index (χ0n) is 24.2. The normalized spacial score (nSPS) is 16.8. The SMILES string of the molecule is CCOc1ccc([C@H]2C(=C(O)c3ccc(OCC(C)C)c(C)c3)C(=O)C(=O)N2CCN(CC)CC)cc1OC. The van der Waals surface area contributed by atoms with Crippen molar-refractivity contribution in [2.45, 2.75) is 47.6 Å². The van der Waals surface area contributed by atoms with E-state index in [2.05, 4.69) is 32.6 Å². The Bertz CT molecular complexity index is 1200. The third-order valence-electron chi connectivity index (χ3n) is 6.92. The van der Waals surface area contributed by atoms with Crippen molar-refractivity contribution in [3.05, 3.63) is 58.7 Å². The molecule has 212 valence electrons. The van der Waals surface area contributed by atoms with Crippen LogP contribution in [0, 0.1) is 12.8 Å². The number of rotatable bonds is 13. The van der Waals surface area contributed by atoms with E-state index in [1.54, 1.807) is 42.3 Å². The molecule has 0 unspecified atom stereocenters. The molecule has 1 amide bonds. The molecule has 3 rings (SSSR count). The first kappa shape index (κ1) is 30.0. The molecule has 8 nitrogen and oxygen atoms in total. The van der Waals surface area contributed by atoms with Gasteiger partial charge in [-0.2, -0.15) is 0 Å². The summed E-state index contributed by atoms with van der Waals surface area (Å²) < 4.78 is 17.1. The molecule has 1 aliphatic heterocycles. The predicted molar refractivity (Wildman–Crippen MR) is 152 cm³/mol. The molecule has 1 saturated heterocycles. The minimum atomic E-state index is -0.776. The minimum absolute atomic E-state index is 0.0565. The smallest absolute Gasteiger partial charge is 0.295 e. The standard InChI is InChI=1S/C31H42N2O6/c1-8-32(9-2)15-16-33-28(22-11-14-25(38-10-3)26(18-22)37-7)27(30(35)31(33)36)29(34)23-12-13-24(21(6)17-23)39-19-20(4)5/h11-14,17-18,20,28,34H,8-10,15-16,19H2,1-7H3/t28-/m0/s1. The summed E-state index contributed by atoms with van der Waals surface area (Å²) in [6.07, 6.45) is 0. The molecule has 0 aliphatic carbocycles. The first-order valence-corrected chi connectivity index (χ1v) is 13.7. The summed E-state index contributed by atoms with van der Waals surface area (Å²) in [5.74, 6) is 0.596. The molecular weight excluding hydrogens is 496 g/mol. The number of likely N-dealkylation sites (tertiary alicyclic amines) is 1. The van der Waals surface area contributed by atoms with Crippen molar-refractivity contribution >= 4 is 17.4 Å². The zero-order chi connectivity index (χ0) is 28.7. The fourth-order valence-electron chi connectivity index (χ4n) is 4.75. The molecule has 0 radical (unpaired) electrons. The van der Waals surface area contributed by atoms with Crippen LogP contribution in [0.25, 0.3) is 5.76 Å². The maximum absolute atomic E-state index is 13.4. The van der Waals surface area contributed by atoms with Crippen molar-refractivity contribution in [1.29, 1.82) is 0 Å². The van der Waals surface area contributed by atoms with E-state index in [1.807, 2.05) is 19.9 Å². The molecule has 0 spiro atoms. The molecule has 1 heterocycles. The molecule has 1 aliphatic rings. The van der Waals surface area contributed by atoms with Gasteiger partial charge in [-0.1, -0.05) is 33.8 Å². The summed E-state index contributed by atoms with van der Waals surface area (Å²) in [5.41, 5.74) is 1.99. The van der Waals surface area contributed by atoms with Crippen molar-refractivity contribution in [2.24, 2.45) is 5.92 Å². The number of amides is 1. The van der Waals surface area contributed by atoms with Gasteiger partial charge >= 0.3 is 0 Å². The molecule has 2 aromatic rings. The van der Waals surface area contributed by atoms with Crippen LogP contribution in [0.15, 0.2) is 42.0 Å². The third-order valence-corrected chi connectivity index (χ3v) is 6.92. The van der Waals surface area contributed by atoms with E-state index in [4.69, 9.17) is 14.2 Å². The number of aliphatic hydroxyl groups is 1. The number of nitrogens with zero attached hydrogens (tertiary/aromatic N) is 2. The first-order chi connectivity index (χ1) is 18.7. The van der Waals surface area contributed by atoms with E-state index >= 15 is 0 Å². The first-order valence-electron chi connectivity index (χ1n) is 13.7. The Hall–Kier alpha value is -3.52. The topological polar surface area (TPSA) is 88.5 Å². The molecule has 1 N–H and O–H groups in total. The lowest BCUT2D eigenvalue weighted by Gasteiger charge is -2.28. The van der Waals surface area contributed by atoms with Crippen molar-refractivity contribution in [3.8, 4) is 17.2 Å². The Kier molecular flexibility index (Phi) is 10.4. The molecule has 39 heavy (non-hydrogen) atoms. The highest BCUT2D eigenvalue weighted by molar-refractivity contribution is 6.46. The number of ketones is 1. The molecule has 0 aromatic heterocycles. The lowest BCUT2D eigenvalue weighted by atomic mass is 9.94. The second-order valence-electron chi connectivity index (χ2n) is 10.0. The van der Waals surface area contributed by atoms with Crippen LogP contribution in [0.4, 0.5) is 0 Å². The lowest BCUT2D eigenvalue weighted by molar-refractivity contribution is -0.140. The summed E-state index contributed by atoms with van der Waals surface area (Å²) in [7, 11) is 1.55. The second kappa shape index (κ2) is 13.5. The van der Waals surface area contributed by atoms with E-state index < -0.39 is 17.7 Å². The Morgan fingerprint density at radius 3 is 2.28 bits per heavy atom. The summed E-state index contributed by atoms with van der Waals surface area (Å²) in [5, 5.41) is 11.5. The number of likely N-dealkylation sites (N-methyl/N-ethyl adjacent to an activating group) is 1. The molecule has 8 heteroatoms. The van der Waals surface area contributed by atoms with E-state index in [0.717, 1.165) is 18.7 Å². The van der Waals surface area contributed by atoms with Gasteiger partial charge in [0.25, 0.3) is 11.7 Å². The summed E-state index contributed by atoms with van der Waals surface area (Å²) in [6, 6.07) is 9.87. The highest BCUT2D eigenvalue weighted by Crippen LogP contribution is 2.42. The van der Waals surface area contributed by atoms with Gasteiger partial charge in [0, 0.05) is 18.7 Å². The number of hydrogen-bond donors (Lipinski definition) is 1. The van der Waals surface area contributed by atoms with Crippen LogP contribution in [-0.2, 0) is 9.59 Å². The number of benzene rings is 2. The number of aryl methyl sites for hydroxylation is 1. The number of carbonyl (C=O) groups excluding carboxylic acids is 2. The van der Waals surface area contributed by atoms with Crippen LogP contribution in [0.3, 0.4) is 0 Å². The van der Waals surface area contributed by atoms with Gasteiger partial charge in [0.1, 0.15) is 11.5 Å². The summed E-state index contributed by atoms with van der Waals surface area (Å²) in [4.78, 5) is 30.5. The second-order valence-corrected chi connectivity index (χ2v) is 10.0. The van der Waals surface area contributed by atoms with Gasteiger partial charge in [0.05, 0.1) is 31.9 Å². The molecule has 0 bridgehead atoms. The van der Waals surface area contributed by atoms with Crippen LogP contribution >= 0.6 is 0 Å². The highest BCUT2D eigenvalue weighted by atomic mass is 16.5. The predicted octanol–water partition coefficient (Wildman–Crippen LogP) is 5.20. The van der Waals surface area contributed by atoms with Crippen molar-refractivity contribution in [1.82, 2.24) is 9.80 Å². The van der Waals surface area contributed by atoms with Gasteiger partial charge in [0.2, 0.25) is 0 Å². The van der Waals surface area contributed by atoms with Gasteiger partial charge < -0.3 is 29.1 Å². The number of methoxy groups -OCH3 is 1. The average Bonchev–Trinajstić information content (AvgIpc) is 3.17. The number of aliphatic hydroxyl groups excluding tert-OH is 1. The Morgan fingerprint density at radius 2 is 1.69 bits per heavy atom. The van der Waals surface area contributed by atoms with Gasteiger partial charge in [-0.05, 0) is 74.3 Å². The number of ether oxygens (including phenoxy) is 3. The number of Topliss-reactive ketones (excluding diaryl/α,β-unsaturated/α-hetero) is 1. The van der Waals surface area contributed by atoms with Gasteiger partial charge in [-0.15, -0.1) is 0 Å². The van der Waals surface area contributed by atoms with Gasteiger partial charge in [-0.3, -0.25) is 9.59 Å². The fraction of sp³-hybridized carbons (Fsp3) is 0.484.